The van der Waals surface area contributed by atoms with Gasteiger partial charge in [0.05, 0.1) is 0 Å². The summed E-state index contributed by atoms with van der Waals surface area (Å²) in [6.45, 7) is 0.711. The average Bonchev–Trinajstić information content (AvgIpc) is 3.23. The number of rotatable bonds is 2. The highest BCUT2D eigenvalue weighted by atomic mass is 32.1. The summed E-state index contributed by atoms with van der Waals surface area (Å²) in [7, 11) is 0. The molecule has 3 rings (SSSR count). The maximum absolute atomic E-state index is 12.9. The summed E-state index contributed by atoms with van der Waals surface area (Å²) in [5, 5.41) is 10.7. The molecule has 4 heteroatoms. The predicted molar refractivity (Wildman–Crippen MR) is 84.3 cm³/mol. The quantitative estimate of drug-likeness (QED) is 0.854. The molecule has 1 saturated carbocycles. The third-order valence-corrected chi connectivity index (χ3v) is 5.57. The first-order valence-corrected chi connectivity index (χ1v) is 8.67. The zero-order valence-electron chi connectivity index (χ0n) is 12.2. The zero-order valence-corrected chi connectivity index (χ0v) is 13.0. The fourth-order valence-electron chi connectivity index (χ4n) is 3.72. The van der Waals surface area contributed by atoms with E-state index in [9.17, 15) is 4.79 Å². The Kier molecular flexibility index (Phi) is 4.62. The highest BCUT2D eigenvalue weighted by molar-refractivity contribution is 7.12. The van der Waals surface area contributed by atoms with Crippen LogP contribution in [0.4, 0.5) is 0 Å². The van der Waals surface area contributed by atoms with Crippen molar-refractivity contribution < 1.29 is 9.90 Å². The van der Waals surface area contributed by atoms with Gasteiger partial charge in [0.2, 0.25) is 0 Å². The molecule has 112 valence electrons. The van der Waals surface area contributed by atoms with Gasteiger partial charge in [-0.1, -0.05) is 24.7 Å². The van der Waals surface area contributed by atoms with E-state index >= 15 is 0 Å². The van der Waals surface area contributed by atoms with E-state index in [2.05, 4.69) is 16.7 Å². The summed E-state index contributed by atoms with van der Waals surface area (Å²) in [6, 6.07) is 2.31. The van der Waals surface area contributed by atoms with Gasteiger partial charge in [0, 0.05) is 18.2 Å². The molecule has 0 aromatic carbocycles. The molecule has 1 aliphatic heterocycles. The maximum atomic E-state index is 12.9. The lowest BCUT2D eigenvalue weighted by Gasteiger charge is -2.29. The molecule has 2 aliphatic rings. The summed E-state index contributed by atoms with van der Waals surface area (Å²) in [4.78, 5) is 15.7. The molecule has 1 aromatic heterocycles. The Bertz CT molecular complexity index is 563. The molecule has 1 aliphatic carbocycles. The highest BCUT2D eigenvalue weighted by Gasteiger charge is 2.36. The van der Waals surface area contributed by atoms with Crippen LogP contribution in [-0.4, -0.2) is 35.1 Å². The van der Waals surface area contributed by atoms with Crippen molar-refractivity contribution in [2.45, 2.75) is 44.6 Å². The smallest absolute Gasteiger partial charge is 0.265 e. The Morgan fingerprint density at radius 3 is 2.90 bits per heavy atom. The van der Waals surface area contributed by atoms with Crippen LogP contribution in [0.2, 0.25) is 0 Å². The van der Waals surface area contributed by atoms with Crippen LogP contribution in [0.25, 0.3) is 0 Å². The number of likely N-dealkylation sites (tertiary alicyclic amines) is 1. The predicted octanol–water partition coefficient (Wildman–Crippen LogP) is 2.89. The molecule has 1 unspecified atom stereocenters. The summed E-state index contributed by atoms with van der Waals surface area (Å²) in [6.07, 6.45) is 7.45. The molecule has 21 heavy (non-hydrogen) atoms. The molecule has 2 heterocycles. The van der Waals surface area contributed by atoms with E-state index in [1.54, 1.807) is 0 Å². The molecule has 1 saturated heterocycles. The zero-order chi connectivity index (χ0) is 14.7. The van der Waals surface area contributed by atoms with Crippen LogP contribution in [-0.2, 0) is 0 Å². The Labute approximate surface area is 130 Å². The first-order valence-electron chi connectivity index (χ1n) is 7.79. The van der Waals surface area contributed by atoms with E-state index in [0.717, 1.165) is 29.8 Å². The molecular weight excluding hydrogens is 282 g/mol. The molecule has 1 atom stereocenters. The second-order valence-corrected chi connectivity index (χ2v) is 6.79. The largest absolute Gasteiger partial charge is 0.384 e. The number of carbonyl (C=O) groups excluding carboxylic acids is 1. The lowest BCUT2D eigenvalue weighted by atomic mass is 9.96. The van der Waals surface area contributed by atoms with Gasteiger partial charge in [0.25, 0.3) is 5.91 Å². The van der Waals surface area contributed by atoms with Crippen molar-refractivity contribution in [3.63, 3.8) is 0 Å². The van der Waals surface area contributed by atoms with Crippen molar-refractivity contribution in [2.75, 3.05) is 13.2 Å². The van der Waals surface area contributed by atoms with Crippen molar-refractivity contribution >= 4 is 17.2 Å². The van der Waals surface area contributed by atoms with E-state index in [1.807, 2.05) is 11.4 Å². The molecule has 0 spiro atoms. The first kappa shape index (κ1) is 14.6. The van der Waals surface area contributed by atoms with Crippen molar-refractivity contribution in [3.8, 4) is 11.8 Å². The average molecular weight is 303 g/mol. The number of aliphatic hydroxyl groups excluding tert-OH is 1. The van der Waals surface area contributed by atoms with Crippen LogP contribution in [0.5, 0.6) is 0 Å². The summed E-state index contributed by atoms with van der Waals surface area (Å²) in [5.74, 6) is 6.38. The van der Waals surface area contributed by atoms with Crippen LogP contribution in [0.15, 0.2) is 11.4 Å². The Hall–Kier alpha value is -1.31. The van der Waals surface area contributed by atoms with Crippen LogP contribution < -0.4 is 0 Å². The number of hydrogen-bond acceptors (Lipinski definition) is 3. The summed E-state index contributed by atoms with van der Waals surface area (Å²) >= 11 is 1.46. The third-order valence-electron chi connectivity index (χ3n) is 4.67. The molecule has 0 bridgehead atoms. The minimum atomic E-state index is -0.169. The summed E-state index contributed by atoms with van der Waals surface area (Å²) < 4.78 is 0. The van der Waals surface area contributed by atoms with E-state index in [1.165, 1.54) is 37.0 Å². The second kappa shape index (κ2) is 6.64. The normalized spacial score (nSPS) is 22.3. The van der Waals surface area contributed by atoms with E-state index in [0.29, 0.717) is 12.0 Å². The molecule has 2 fully saturated rings. The standard InChI is InChI=1S/C17H21NO2S/c19-11-4-7-14-9-12-21-16(14)17(20)18-10-3-8-15(18)13-5-1-2-6-13/h9,12-13,15,19H,1-3,5-6,8,10-11H2. The fraction of sp³-hybridized carbons (Fsp3) is 0.588. The van der Waals surface area contributed by atoms with Gasteiger partial charge in [-0.25, -0.2) is 0 Å². The Morgan fingerprint density at radius 1 is 1.33 bits per heavy atom. The van der Waals surface area contributed by atoms with Gasteiger partial charge in [0.15, 0.2) is 0 Å². The monoisotopic (exact) mass is 303 g/mol. The molecule has 1 aromatic rings. The Morgan fingerprint density at radius 2 is 2.14 bits per heavy atom. The van der Waals surface area contributed by atoms with Crippen molar-refractivity contribution in [1.29, 1.82) is 0 Å². The molecule has 0 radical (unpaired) electrons. The first-order chi connectivity index (χ1) is 10.3. The van der Waals surface area contributed by atoms with Gasteiger partial charge in [0.1, 0.15) is 11.5 Å². The number of nitrogens with zero attached hydrogens (tertiary/aromatic N) is 1. The van der Waals surface area contributed by atoms with Gasteiger partial charge in [-0.15, -0.1) is 11.3 Å². The van der Waals surface area contributed by atoms with Crippen LogP contribution in [0, 0.1) is 17.8 Å². The number of amides is 1. The van der Waals surface area contributed by atoms with E-state index in [4.69, 9.17) is 5.11 Å². The molecule has 1 N–H and O–H groups in total. The van der Waals surface area contributed by atoms with Crippen molar-refractivity contribution in [1.82, 2.24) is 4.90 Å². The second-order valence-electron chi connectivity index (χ2n) is 5.88. The number of thiophene rings is 1. The highest BCUT2D eigenvalue weighted by Crippen LogP contribution is 2.36. The minimum Gasteiger partial charge on any atom is -0.384 e. The lowest BCUT2D eigenvalue weighted by molar-refractivity contribution is 0.0694. The van der Waals surface area contributed by atoms with Gasteiger partial charge in [-0.3, -0.25) is 4.79 Å². The minimum absolute atomic E-state index is 0.140. The van der Waals surface area contributed by atoms with E-state index < -0.39 is 0 Å². The fourth-order valence-corrected chi connectivity index (χ4v) is 4.52. The number of aliphatic hydroxyl groups is 1. The van der Waals surface area contributed by atoms with Gasteiger partial charge in [-0.05, 0) is 43.0 Å². The van der Waals surface area contributed by atoms with Crippen LogP contribution >= 0.6 is 11.3 Å². The maximum Gasteiger partial charge on any atom is 0.265 e. The van der Waals surface area contributed by atoms with Gasteiger partial charge >= 0.3 is 0 Å². The van der Waals surface area contributed by atoms with E-state index in [-0.39, 0.29) is 12.5 Å². The van der Waals surface area contributed by atoms with Crippen LogP contribution in [0.3, 0.4) is 0 Å². The van der Waals surface area contributed by atoms with Gasteiger partial charge in [-0.2, -0.15) is 0 Å². The number of carbonyl (C=O) groups is 1. The number of hydrogen-bond donors (Lipinski definition) is 1. The topological polar surface area (TPSA) is 40.5 Å². The SMILES string of the molecule is O=C(c1sccc1C#CCO)N1CCCC1C1CCCC1. The molecular formula is C17H21NO2S. The lowest BCUT2D eigenvalue weighted by Crippen LogP contribution is -2.39. The molecule has 1 amide bonds. The third kappa shape index (κ3) is 3.00. The van der Waals surface area contributed by atoms with Crippen LogP contribution in [0.1, 0.15) is 53.8 Å². The molecule has 3 nitrogen and oxygen atoms in total. The van der Waals surface area contributed by atoms with Crippen molar-refractivity contribution in [3.05, 3.63) is 21.9 Å². The van der Waals surface area contributed by atoms with Crippen molar-refractivity contribution in [2.24, 2.45) is 5.92 Å². The summed E-state index contributed by atoms with van der Waals surface area (Å²) in [5.41, 5.74) is 0.760. The van der Waals surface area contributed by atoms with Gasteiger partial charge < -0.3 is 10.0 Å². The Balaban J connectivity index is 1.79.